The van der Waals surface area contributed by atoms with Crippen LogP contribution in [-0.2, 0) is 4.79 Å². The van der Waals surface area contributed by atoms with Crippen molar-refractivity contribution in [2.75, 3.05) is 0 Å². The van der Waals surface area contributed by atoms with Gasteiger partial charge in [-0.3, -0.25) is 4.79 Å². The number of carbonyl (C=O) groups is 1. The van der Waals surface area contributed by atoms with Gasteiger partial charge in [-0.2, -0.15) is 0 Å². The van der Waals surface area contributed by atoms with E-state index in [1.807, 2.05) is 12.1 Å². The third kappa shape index (κ3) is 2.93. The van der Waals surface area contributed by atoms with Crippen LogP contribution in [0.4, 0.5) is 0 Å². The Morgan fingerprint density at radius 3 is 3.00 bits per heavy atom. The number of aromatic amines is 1. The van der Waals surface area contributed by atoms with Gasteiger partial charge in [0.05, 0.1) is 33.0 Å². The van der Waals surface area contributed by atoms with Crippen molar-refractivity contribution in [3.63, 3.8) is 0 Å². The zero-order valence-electron chi connectivity index (χ0n) is 8.68. The number of aromatic nitrogens is 2. The molecule has 0 fully saturated rings. The van der Waals surface area contributed by atoms with Crippen LogP contribution >= 0.6 is 27.3 Å². The van der Waals surface area contributed by atoms with Crippen LogP contribution in [-0.4, -0.2) is 21.0 Å². The fourth-order valence-electron chi connectivity index (χ4n) is 1.39. The molecule has 0 spiro atoms. The lowest BCUT2D eigenvalue weighted by Crippen LogP contribution is -2.16. The van der Waals surface area contributed by atoms with Crippen molar-refractivity contribution in [1.82, 2.24) is 9.97 Å². The van der Waals surface area contributed by atoms with Crippen LogP contribution in [0.1, 0.15) is 18.3 Å². The average molecular weight is 316 g/mol. The minimum absolute atomic E-state index is 0.138. The maximum atomic E-state index is 10.5. The van der Waals surface area contributed by atoms with Gasteiger partial charge in [0, 0.05) is 0 Å². The van der Waals surface area contributed by atoms with Gasteiger partial charge in [-0.05, 0) is 28.1 Å². The number of rotatable bonds is 4. The van der Waals surface area contributed by atoms with Gasteiger partial charge in [-0.25, -0.2) is 4.98 Å². The standard InChI is InChI=1S/C10H10BrN3O2S/c11-8-2-1-7(17-8)6-4-13-10(14-6)5(12)3-9(15)16/h1-2,4-5H,3,12H2,(H,13,14)(H,15,16). The summed E-state index contributed by atoms with van der Waals surface area (Å²) in [5, 5.41) is 8.65. The van der Waals surface area contributed by atoms with Crippen LogP contribution in [0, 0.1) is 0 Å². The van der Waals surface area contributed by atoms with Gasteiger partial charge in [0.25, 0.3) is 0 Å². The van der Waals surface area contributed by atoms with Crippen molar-refractivity contribution in [1.29, 1.82) is 0 Å². The van der Waals surface area contributed by atoms with Crippen molar-refractivity contribution in [2.45, 2.75) is 12.5 Å². The van der Waals surface area contributed by atoms with Crippen molar-refractivity contribution in [3.05, 3.63) is 27.9 Å². The highest BCUT2D eigenvalue weighted by molar-refractivity contribution is 9.11. The molecule has 90 valence electrons. The lowest BCUT2D eigenvalue weighted by atomic mass is 10.2. The van der Waals surface area contributed by atoms with Crippen molar-refractivity contribution in [2.24, 2.45) is 5.73 Å². The molecule has 0 aliphatic carbocycles. The number of nitrogens with one attached hydrogen (secondary N) is 1. The highest BCUT2D eigenvalue weighted by Crippen LogP contribution is 2.30. The first-order valence-corrected chi connectivity index (χ1v) is 6.45. The first kappa shape index (κ1) is 12.3. The number of halogens is 1. The summed E-state index contributed by atoms with van der Waals surface area (Å²) in [5.74, 6) is -0.443. The van der Waals surface area contributed by atoms with E-state index >= 15 is 0 Å². The third-order valence-corrected chi connectivity index (χ3v) is 3.84. The molecule has 4 N–H and O–H groups in total. The van der Waals surface area contributed by atoms with Crippen LogP contribution < -0.4 is 5.73 Å². The van der Waals surface area contributed by atoms with E-state index in [2.05, 4.69) is 25.9 Å². The molecule has 0 aromatic carbocycles. The first-order chi connectivity index (χ1) is 8.06. The minimum Gasteiger partial charge on any atom is -0.481 e. The lowest BCUT2D eigenvalue weighted by Gasteiger charge is -2.03. The summed E-state index contributed by atoms with van der Waals surface area (Å²) in [6, 6.07) is 3.29. The Balaban J connectivity index is 2.18. The van der Waals surface area contributed by atoms with Gasteiger partial charge in [-0.15, -0.1) is 11.3 Å². The zero-order chi connectivity index (χ0) is 12.4. The van der Waals surface area contributed by atoms with Gasteiger partial charge in [0.15, 0.2) is 0 Å². The molecule has 1 unspecified atom stereocenters. The first-order valence-electron chi connectivity index (χ1n) is 4.84. The van der Waals surface area contributed by atoms with Gasteiger partial charge in [0.2, 0.25) is 0 Å². The summed E-state index contributed by atoms with van der Waals surface area (Å²) < 4.78 is 1.03. The van der Waals surface area contributed by atoms with E-state index in [9.17, 15) is 4.79 Å². The number of carboxylic acid groups (broad SMARTS) is 1. The summed E-state index contributed by atoms with van der Waals surface area (Å²) >= 11 is 4.95. The second-order valence-corrected chi connectivity index (χ2v) is 5.95. The molecule has 0 aliphatic heterocycles. The molecule has 0 aliphatic rings. The van der Waals surface area contributed by atoms with Crippen LogP contribution in [0.25, 0.3) is 10.6 Å². The van der Waals surface area contributed by atoms with Crippen LogP contribution in [0.3, 0.4) is 0 Å². The fraction of sp³-hybridized carbons (Fsp3) is 0.200. The number of H-pyrrole nitrogens is 1. The molecule has 7 heteroatoms. The summed E-state index contributed by atoms with van der Waals surface area (Å²) in [4.78, 5) is 18.7. The van der Waals surface area contributed by atoms with Gasteiger partial charge >= 0.3 is 5.97 Å². The highest BCUT2D eigenvalue weighted by atomic mass is 79.9. The van der Waals surface area contributed by atoms with E-state index in [4.69, 9.17) is 10.8 Å². The smallest absolute Gasteiger partial charge is 0.305 e. The summed E-state index contributed by atoms with van der Waals surface area (Å²) in [6.07, 6.45) is 1.52. The Labute approximate surface area is 110 Å². The molecule has 1 atom stereocenters. The van der Waals surface area contributed by atoms with Crippen molar-refractivity contribution < 1.29 is 9.90 Å². The molecule has 2 heterocycles. The van der Waals surface area contributed by atoms with E-state index < -0.39 is 12.0 Å². The number of nitrogens with two attached hydrogens (primary N) is 1. The number of hydrogen-bond acceptors (Lipinski definition) is 4. The summed E-state index contributed by atoms with van der Waals surface area (Å²) in [5.41, 5.74) is 6.56. The number of thiophene rings is 1. The Morgan fingerprint density at radius 2 is 2.41 bits per heavy atom. The molecular formula is C10H10BrN3O2S. The van der Waals surface area contributed by atoms with Crippen LogP contribution in [0.5, 0.6) is 0 Å². The maximum Gasteiger partial charge on any atom is 0.305 e. The predicted molar refractivity (Wildman–Crippen MR) is 68.8 cm³/mol. The van der Waals surface area contributed by atoms with Crippen LogP contribution in [0.2, 0.25) is 0 Å². The molecule has 0 bridgehead atoms. The van der Waals surface area contributed by atoms with Gasteiger partial charge in [0.1, 0.15) is 5.82 Å². The SMILES string of the molecule is NC(CC(=O)O)c1ncc(-c2ccc(Br)s2)[nH]1. The largest absolute Gasteiger partial charge is 0.481 e. The van der Waals surface area contributed by atoms with Gasteiger partial charge < -0.3 is 15.8 Å². The van der Waals surface area contributed by atoms with E-state index in [1.54, 1.807) is 17.5 Å². The second-order valence-electron chi connectivity index (χ2n) is 3.49. The summed E-state index contributed by atoms with van der Waals surface area (Å²) in [6.45, 7) is 0. The predicted octanol–water partition coefficient (Wildman–Crippen LogP) is 2.38. The fourth-order valence-corrected chi connectivity index (χ4v) is 2.75. The second kappa shape index (κ2) is 4.99. The van der Waals surface area contributed by atoms with E-state index in [0.29, 0.717) is 5.82 Å². The monoisotopic (exact) mass is 315 g/mol. The van der Waals surface area contributed by atoms with E-state index in [0.717, 1.165) is 14.4 Å². The molecule has 17 heavy (non-hydrogen) atoms. The number of imidazole rings is 1. The zero-order valence-corrected chi connectivity index (χ0v) is 11.1. The maximum absolute atomic E-state index is 10.5. The van der Waals surface area contributed by atoms with Crippen molar-refractivity contribution >= 4 is 33.2 Å². The third-order valence-electron chi connectivity index (χ3n) is 2.18. The molecule has 0 radical (unpaired) electrons. The molecule has 2 rings (SSSR count). The van der Waals surface area contributed by atoms with Crippen LogP contribution in [0.15, 0.2) is 22.1 Å². The number of carboxylic acids is 1. The molecule has 5 nitrogen and oxygen atoms in total. The Kier molecular flexibility index (Phi) is 3.60. The average Bonchev–Trinajstić information content (AvgIpc) is 2.84. The molecule has 0 saturated heterocycles. The molecular weight excluding hydrogens is 306 g/mol. The lowest BCUT2D eigenvalue weighted by molar-refractivity contribution is -0.137. The molecule has 2 aromatic heterocycles. The van der Waals surface area contributed by atoms with E-state index in [-0.39, 0.29) is 6.42 Å². The Morgan fingerprint density at radius 1 is 1.65 bits per heavy atom. The molecule has 2 aromatic rings. The molecule has 0 saturated carbocycles. The Hall–Kier alpha value is -1.18. The normalized spacial score (nSPS) is 12.6. The number of aliphatic carboxylic acids is 1. The topological polar surface area (TPSA) is 92.0 Å². The Bertz CT molecular complexity index is 537. The minimum atomic E-state index is -0.936. The molecule has 0 amide bonds. The quantitative estimate of drug-likeness (QED) is 0.807. The number of hydrogen-bond donors (Lipinski definition) is 3. The van der Waals surface area contributed by atoms with E-state index in [1.165, 1.54) is 0 Å². The summed E-state index contributed by atoms with van der Waals surface area (Å²) in [7, 11) is 0. The van der Waals surface area contributed by atoms with Gasteiger partial charge in [-0.1, -0.05) is 0 Å². The van der Waals surface area contributed by atoms with Crippen molar-refractivity contribution in [3.8, 4) is 10.6 Å². The highest BCUT2D eigenvalue weighted by Gasteiger charge is 2.14. The number of nitrogens with zero attached hydrogens (tertiary/aromatic N) is 1.